The maximum absolute atomic E-state index is 5.61. The minimum absolute atomic E-state index is 0.535. The highest BCUT2D eigenvalue weighted by Gasteiger charge is 2.17. The van der Waals surface area contributed by atoms with Crippen molar-refractivity contribution in [3.8, 4) is 0 Å². The van der Waals surface area contributed by atoms with Gasteiger partial charge in [-0.05, 0) is 46.8 Å². The second-order valence-corrected chi connectivity index (χ2v) is 4.46. The Balaban J connectivity index is 2.12. The second kappa shape index (κ2) is 6.38. The summed E-state index contributed by atoms with van der Waals surface area (Å²) >= 11 is 0. The standard InChI is InChI=1S/C11H24N2O/c1-12-10(9-13(2)3)6-7-11-5-4-8-14-11/h10-12H,4-9H2,1-3H3. The summed E-state index contributed by atoms with van der Waals surface area (Å²) in [5.41, 5.74) is 0. The van der Waals surface area contributed by atoms with Crippen molar-refractivity contribution in [2.24, 2.45) is 0 Å². The van der Waals surface area contributed by atoms with E-state index < -0.39 is 0 Å². The highest BCUT2D eigenvalue weighted by Crippen LogP contribution is 2.17. The predicted octanol–water partition coefficient (Wildman–Crippen LogP) is 1.10. The molecule has 0 bridgehead atoms. The Bertz CT molecular complexity index is 144. The van der Waals surface area contributed by atoms with Crippen molar-refractivity contribution in [2.75, 3.05) is 34.3 Å². The van der Waals surface area contributed by atoms with Gasteiger partial charge in [0.05, 0.1) is 6.10 Å². The molecule has 0 aromatic heterocycles. The van der Waals surface area contributed by atoms with Gasteiger partial charge in [0.2, 0.25) is 0 Å². The van der Waals surface area contributed by atoms with Gasteiger partial charge in [0.1, 0.15) is 0 Å². The Hall–Kier alpha value is -0.120. The lowest BCUT2D eigenvalue weighted by Crippen LogP contribution is -2.36. The van der Waals surface area contributed by atoms with Gasteiger partial charge in [-0.1, -0.05) is 0 Å². The lowest BCUT2D eigenvalue weighted by Gasteiger charge is -2.21. The topological polar surface area (TPSA) is 24.5 Å². The first kappa shape index (κ1) is 12.0. The zero-order valence-corrected chi connectivity index (χ0v) is 9.75. The molecule has 1 aliphatic rings. The number of hydrogen-bond acceptors (Lipinski definition) is 3. The lowest BCUT2D eigenvalue weighted by atomic mass is 10.1. The summed E-state index contributed by atoms with van der Waals surface area (Å²) in [5.74, 6) is 0. The van der Waals surface area contributed by atoms with Gasteiger partial charge in [0, 0.05) is 19.2 Å². The number of nitrogens with one attached hydrogen (secondary N) is 1. The molecule has 0 aromatic rings. The van der Waals surface area contributed by atoms with Crippen LogP contribution < -0.4 is 5.32 Å². The van der Waals surface area contributed by atoms with Crippen LogP contribution in [0.4, 0.5) is 0 Å². The molecule has 1 heterocycles. The summed E-state index contributed by atoms with van der Waals surface area (Å²) in [6.07, 6.45) is 5.48. The first-order valence-corrected chi connectivity index (χ1v) is 5.66. The number of rotatable bonds is 6. The van der Waals surface area contributed by atoms with E-state index in [0.29, 0.717) is 12.1 Å². The van der Waals surface area contributed by atoms with E-state index in [1.807, 2.05) is 7.05 Å². The van der Waals surface area contributed by atoms with Crippen LogP contribution in [0.2, 0.25) is 0 Å². The van der Waals surface area contributed by atoms with Gasteiger partial charge in [-0.25, -0.2) is 0 Å². The fourth-order valence-electron chi connectivity index (χ4n) is 2.03. The largest absolute Gasteiger partial charge is 0.378 e. The van der Waals surface area contributed by atoms with Gasteiger partial charge in [-0.2, -0.15) is 0 Å². The van der Waals surface area contributed by atoms with Crippen LogP contribution in [0.3, 0.4) is 0 Å². The van der Waals surface area contributed by atoms with Gasteiger partial charge in [-0.15, -0.1) is 0 Å². The average molecular weight is 200 g/mol. The van der Waals surface area contributed by atoms with Crippen molar-refractivity contribution in [1.29, 1.82) is 0 Å². The molecule has 0 spiro atoms. The quantitative estimate of drug-likeness (QED) is 0.695. The molecule has 1 aliphatic heterocycles. The Kier molecular flexibility index (Phi) is 5.45. The fourth-order valence-corrected chi connectivity index (χ4v) is 2.03. The molecule has 3 heteroatoms. The molecule has 1 saturated heterocycles. The molecule has 1 N–H and O–H groups in total. The van der Waals surface area contributed by atoms with Crippen LogP contribution in [0, 0.1) is 0 Å². The summed E-state index contributed by atoms with van der Waals surface area (Å²) in [4.78, 5) is 2.23. The Morgan fingerprint density at radius 1 is 1.50 bits per heavy atom. The molecule has 0 aromatic carbocycles. The monoisotopic (exact) mass is 200 g/mol. The van der Waals surface area contributed by atoms with Crippen molar-refractivity contribution in [1.82, 2.24) is 10.2 Å². The number of hydrogen-bond donors (Lipinski definition) is 1. The number of likely N-dealkylation sites (N-methyl/N-ethyl adjacent to an activating group) is 2. The summed E-state index contributed by atoms with van der Waals surface area (Å²) in [6.45, 7) is 2.09. The van der Waals surface area contributed by atoms with Crippen LogP contribution in [0.25, 0.3) is 0 Å². The third kappa shape index (κ3) is 4.40. The minimum Gasteiger partial charge on any atom is -0.378 e. The first-order valence-electron chi connectivity index (χ1n) is 5.66. The SMILES string of the molecule is CNC(CCC1CCCO1)CN(C)C. The van der Waals surface area contributed by atoms with Crippen LogP contribution in [-0.4, -0.2) is 51.3 Å². The van der Waals surface area contributed by atoms with Crippen molar-refractivity contribution >= 4 is 0 Å². The Morgan fingerprint density at radius 3 is 2.79 bits per heavy atom. The van der Waals surface area contributed by atoms with E-state index in [1.165, 1.54) is 25.7 Å². The summed E-state index contributed by atoms with van der Waals surface area (Å²) in [7, 11) is 6.29. The summed E-state index contributed by atoms with van der Waals surface area (Å²) in [6, 6.07) is 0.606. The molecule has 84 valence electrons. The third-order valence-corrected chi connectivity index (χ3v) is 2.85. The highest BCUT2D eigenvalue weighted by atomic mass is 16.5. The summed E-state index contributed by atoms with van der Waals surface area (Å²) in [5, 5.41) is 3.36. The van der Waals surface area contributed by atoms with Crippen molar-refractivity contribution < 1.29 is 4.74 Å². The molecule has 0 aliphatic carbocycles. The van der Waals surface area contributed by atoms with E-state index in [9.17, 15) is 0 Å². The van der Waals surface area contributed by atoms with Crippen LogP contribution >= 0.6 is 0 Å². The minimum atomic E-state index is 0.535. The highest BCUT2D eigenvalue weighted by molar-refractivity contribution is 4.72. The maximum Gasteiger partial charge on any atom is 0.0576 e. The van der Waals surface area contributed by atoms with Gasteiger partial charge in [0.15, 0.2) is 0 Å². The molecule has 0 amide bonds. The number of nitrogens with zero attached hydrogens (tertiary/aromatic N) is 1. The normalized spacial score (nSPS) is 24.4. The molecule has 14 heavy (non-hydrogen) atoms. The van der Waals surface area contributed by atoms with E-state index in [0.717, 1.165) is 13.2 Å². The molecule has 1 fully saturated rings. The molecule has 2 atom stereocenters. The van der Waals surface area contributed by atoms with Crippen LogP contribution in [0.5, 0.6) is 0 Å². The average Bonchev–Trinajstić information content (AvgIpc) is 2.64. The van der Waals surface area contributed by atoms with Crippen LogP contribution in [-0.2, 0) is 4.74 Å². The molecular weight excluding hydrogens is 176 g/mol. The molecular formula is C11H24N2O. The van der Waals surface area contributed by atoms with Crippen molar-refractivity contribution in [3.05, 3.63) is 0 Å². The van der Waals surface area contributed by atoms with E-state index in [-0.39, 0.29) is 0 Å². The van der Waals surface area contributed by atoms with E-state index >= 15 is 0 Å². The van der Waals surface area contributed by atoms with Crippen LogP contribution in [0.1, 0.15) is 25.7 Å². The van der Waals surface area contributed by atoms with E-state index in [2.05, 4.69) is 24.3 Å². The zero-order valence-electron chi connectivity index (χ0n) is 9.75. The lowest BCUT2D eigenvalue weighted by molar-refractivity contribution is 0.0987. The van der Waals surface area contributed by atoms with Crippen molar-refractivity contribution in [2.45, 2.75) is 37.8 Å². The van der Waals surface area contributed by atoms with Crippen molar-refractivity contribution in [3.63, 3.8) is 0 Å². The van der Waals surface area contributed by atoms with Gasteiger partial charge >= 0.3 is 0 Å². The molecule has 2 unspecified atom stereocenters. The van der Waals surface area contributed by atoms with E-state index in [1.54, 1.807) is 0 Å². The van der Waals surface area contributed by atoms with Gasteiger partial charge < -0.3 is 15.0 Å². The molecule has 0 saturated carbocycles. The Morgan fingerprint density at radius 2 is 2.29 bits per heavy atom. The second-order valence-electron chi connectivity index (χ2n) is 4.46. The molecule has 0 radical (unpaired) electrons. The predicted molar refractivity (Wildman–Crippen MR) is 59.6 cm³/mol. The molecule has 3 nitrogen and oxygen atoms in total. The Labute approximate surface area is 87.8 Å². The maximum atomic E-state index is 5.61. The van der Waals surface area contributed by atoms with E-state index in [4.69, 9.17) is 4.74 Å². The number of ether oxygens (including phenoxy) is 1. The van der Waals surface area contributed by atoms with Gasteiger partial charge in [-0.3, -0.25) is 0 Å². The smallest absolute Gasteiger partial charge is 0.0576 e. The zero-order chi connectivity index (χ0) is 10.4. The fraction of sp³-hybridized carbons (Fsp3) is 1.00. The third-order valence-electron chi connectivity index (χ3n) is 2.85. The van der Waals surface area contributed by atoms with Gasteiger partial charge in [0.25, 0.3) is 0 Å². The first-order chi connectivity index (χ1) is 6.72. The molecule has 1 rings (SSSR count). The summed E-state index contributed by atoms with van der Waals surface area (Å²) < 4.78 is 5.61. The van der Waals surface area contributed by atoms with Crippen LogP contribution in [0.15, 0.2) is 0 Å².